The van der Waals surface area contributed by atoms with E-state index in [9.17, 15) is 22.8 Å². The van der Waals surface area contributed by atoms with Crippen LogP contribution >= 0.6 is 11.6 Å². The zero-order chi connectivity index (χ0) is 30.3. The number of alkyl halides is 3. The number of hydrogen-bond acceptors (Lipinski definition) is 4. The van der Waals surface area contributed by atoms with Crippen molar-refractivity contribution in [1.82, 2.24) is 15.2 Å². The Morgan fingerprint density at radius 1 is 1.00 bits per heavy atom. The molecule has 0 bridgehead atoms. The van der Waals surface area contributed by atoms with Gasteiger partial charge in [-0.05, 0) is 84.7 Å². The van der Waals surface area contributed by atoms with Crippen molar-refractivity contribution in [2.24, 2.45) is 0 Å². The number of pyridine rings is 1. The van der Waals surface area contributed by atoms with Crippen LogP contribution in [0.25, 0.3) is 10.8 Å². The van der Waals surface area contributed by atoms with Crippen molar-refractivity contribution >= 4 is 39.9 Å². The molecule has 1 N–H and O–H groups in total. The number of hydrogen-bond donors (Lipinski definition) is 1. The van der Waals surface area contributed by atoms with E-state index in [4.69, 9.17) is 11.6 Å². The molecule has 1 atom stereocenters. The number of nitrogens with zero attached hydrogens (tertiary/aromatic N) is 3. The van der Waals surface area contributed by atoms with Gasteiger partial charge in [-0.25, -0.2) is 0 Å². The summed E-state index contributed by atoms with van der Waals surface area (Å²) in [6.45, 7) is 1.64. The molecule has 4 aromatic rings. The van der Waals surface area contributed by atoms with Crippen LogP contribution in [-0.4, -0.2) is 47.9 Å². The average molecular weight is 607 g/mol. The molecule has 6 nitrogen and oxygen atoms in total. The summed E-state index contributed by atoms with van der Waals surface area (Å²) in [4.78, 5) is 34.9. The van der Waals surface area contributed by atoms with Crippen molar-refractivity contribution in [1.29, 1.82) is 0 Å². The van der Waals surface area contributed by atoms with Crippen LogP contribution in [-0.2, 0) is 12.6 Å². The molecule has 10 heteroatoms. The molecule has 2 aliphatic rings. The van der Waals surface area contributed by atoms with Crippen molar-refractivity contribution in [3.05, 3.63) is 106 Å². The molecule has 1 aliphatic heterocycles. The fourth-order valence-corrected chi connectivity index (χ4v) is 6.52. The molecule has 1 aliphatic carbocycles. The van der Waals surface area contributed by atoms with Crippen molar-refractivity contribution in [3.63, 3.8) is 0 Å². The van der Waals surface area contributed by atoms with Gasteiger partial charge in [-0.3, -0.25) is 14.6 Å². The summed E-state index contributed by atoms with van der Waals surface area (Å²) < 4.78 is 40.8. The first-order valence-corrected chi connectivity index (χ1v) is 14.6. The molecule has 3 aromatic carbocycles. The lowest BCUT2D eigenvalue weighted by Crippen LogP contribution is -2.45. The Morgan fingerprint density at radius 3 is 2.56 bits per heavy atom. The molecule has 0 spiro atoms. The van der Waals surface area contributed by atoms with Crippen LogP contribution in [0.3, 0.4) is 0 Å². The minimum atomic E-state index is -4.72. The van der Waals surface area contributed by atoms with Gasteiger partial charge in [-0.15, -0.1) is 0 Å². The molecule has 2 amide bonds. The number of halogens is 4. The Hall–Kier alpha value is -4.11. The highest BCUT2D eigenvalue weighted by atomic mass is 35.5. The first-order valence-electron chi connectivity index (χ1n) is 14.3. The Balaban J connectivity index is 1.13. The van der Waals surface area contributed by atoms with Crippen LogP contribution in [0.2, 0.25) is 5.02 Å². The van der Waals surface area contributed by atoms with E-state index in [0.717, 1.165) is 59.6 Å². The molecule has 2 heterocycles. The van der Waals surface area contributed by atoms with Crippen molar-refractivity contribution in [3.8, 4) is 0 Å². The van der Waals surface area contributed by atoms with E-state index in [1.807, 2.05) is 25.4 Å². The number of aromatic nitrogens is 1. The zero-order valence-corrected chi connectivity index (χ0v) is 24.3. The zero-order valence-electron chi connectivity index (χ0n) is 23.5. The number of carbonyl (C=O) groups is 2. The summed E-state index contributed by atoms with van der Waals surface area (Å²) in [6.07, 6.45) is 1.71. The fraction of sp³-hybridized carbons (Fsp3) is 0.303. The normalized spacial score (nSPS) is 17.1. The molecule has 1 aromatic heterocycles. The second-order valence-electron chi connectivity index (χ2n) is 11.2. The summed E-state index contributed by atoms with van der Waals surface area (Å²) >= 11 is 6.04. The van der Waals surface area contributed by atoms with Gasteiger partial charge in [-0.2, -0.15) is 13.2 Å². The third-order valence-electron chi connectivity index (χ3n) is 8.64. The highest BCUT2D eigenvalue weighted by molar-refractivity contribution is 6.34. The average Bonchev–Trinajstić information content (AvgIpc) is 3.41. The van der Waals surface area contributed by atoms with Gasteiger partial charge in [0.15, 0.2) is 0 Å². The van der Waals surface area contributed by atoms with E-state index in [0.29, 0.717) is 18.4 Å². The van der Waals surface area contributed by atoms with Gasteiger partial charge in [0.1, 0.15) is 0 Å². The molecule has 1 saturated heterocycles. The van der Waals surface area contributed by atoms with Crippen molar-refractivity contribution in [2.75, 3.05) is 25.0 Å². The molecule has 0 radical (unpaired) electrons. The molecule has 1 fully saturated rings. The second kappa shape index (κ2) is 11.5. The van der Waals surface area contributed by atoms with E-state index >= 15 is 0 Å². The molecule has 222 valence electrons. The number of carbonyl (C=O) groups excluding carboxylic acids is 2. The number of aryl methyl sites for hydroxylation is 1. The van der Waals surface area contributed by atoms with Gasteiger partial charge in [0.05, 0.1) is 22.2 Å². The van der Waals surface area contributed by atoms with Gasteiger partial charge in [-0.1, -0.05) is 29.8 Å². The maximum atomic E-state index is 13.6. The number of amides is 2. The minimum Gasteiger partial charge on any atom is -0.371 e. The molecule has 0 saturated carbocycles. The standard InChI is InChI=1S/C33H30ClF3N4O2/c1-40(24-12-15-41(16-13-24)25-9-7-23-19-38-14-11-21(23)17-25)32(43)22-6-5-20-8-10-29(26(20)18-22)39-31(42)30-27(33(35,36)37)3-2-4-28(30)34/h2-7,9,11,14,17-19,24,29H,8,10,12-13,15-16H2,1H3,(H,39,42). The number of piperidine rings is 1. The van der Waals surface area contributed by atoms with Crippen LogP contribution in [0.4, 0.5) is 18.9 Å². The molecular formula is C33H30ClF3N4O2. The lowest BCUT2D eigenvalue weighted by atomic mass is 9.99. The summed E-state index contributed by atoms with van der Waals surface area (Å²) in [5.41, 5.74) is 1.67. The van der Waals surface area contributed by atoms with Gasteiger partial charge >= 0.3 is 6.18 Å². The van der Waals surface area contributed by atoms with Crippen LogP contribution in [0, 0.1) is 0 Å². The Kier molecular flexibility index (Phi) is 7.77. The molecule has 43 heavy (non-hydrogen) atoms. The van der Waals surface area contributed by atoms with Gasteiger partial charge in [0, 0.05) is 55.2 Å². The lowest BCUT2D eigenvalue weighted by molar-refractivity contribution is -0.137. The van der Waals surface area contributed by atoms with Crippen molar-refractivity contribution < 1.29 is 22.8 Å². The van der Waals surface area contributed by atoms with Gasteiger partial charge in [0.2, 0.25) is 0 Å². The maximum Gasteiger partial charge on any atom is 0.417 e. The Bertz CT molecular complexity index is 1700. The minimum absolute atomic E-state index is 0.0678. The second-order valence-corrected chi connectivity index (χ2v) is 11.6. The van der Waals surface area contributed by atoms with E-state index in [1.165, 1.54) is 12.1 Å². The topological polar surface area (TPSA) is 65.5 Å². The number of fused-ring (bicyclic) bond motifs is 2. The summed E-state index contributed by atoms with van der Waals surface area (Å²) in [5, 5.41) is 4.71. The predicted octanol–water partition coefficient (Wildman–Crippen LogP) is 7.07. The highest BCUT2D eigenvalue weighted by Gasteiger charge is 2.37. The summed E-state index contributed by atoms with van der Waals surface area (Å²) in [6, 6.07) is 16.6. The first-order chi connectivity index (χ1) is 20.6. The first kappa shape index (κ1) is 29.0. The lowest BCUT2D eigenvalue weighted by Gasteiger charge is -2.38. The fourth-order valence-electron chi connectivity index (χ4n) is 6.26. The van der Waals surface area contributed by atoms with Crippen LogP contribution < -0.4 is 10.2 Å². The SMILES string of the molecule is CN(C(=O)c1ccc2c(c1)C(NC(=O)c1c(Cl)cccc1C(F)(F)F)CC2)C1CCN(c2ccc3cnccc3c2)CC1. The van der Waals surface area contributed by atoms with E-state index in [2.05, 4.69) is 33.4 Å². The third-order valence-corrected chi connectivity index (χ3v) is 8.96. The number of rotatable bonds is 5. The maximum absolute atomic E-state index is 13.6. The van der Waals surface area contributed by atoms with Gasteiger partial charge < -0.3 is 15.1 Å². The summed E-state index contributed by atoms with van der Waals surface area (Å²) in [5.74, 6) is -1.01. The largest absolute Gasteiger partial charge is 0.417 e. The molecular weight excluding hydrogens is 577 g/mol. The Morgan fingerprint density at radius 2 is 1.79 bits per heavy atom. The van der Waals surface area contributed by atoms with E-state index in [-0.39, 0.29) is 17.0 Å². The number of anilines is 1. The number of nitrogens with one attached hydrogen (secondary N) is 1. The smallest absolute Gasteiger partial charge is 0.371 e. The third kappa shape index (κ3) is 5.78. The number of benzene rings is 3. The van der Waals surface area contributed by atoms with Crippen LogP contribution in [0.5, 0.6) is 0 Å². The van der Waals surface area contributed by atoms with Crippen LogP contribution in [0.15, 0.2) is 73.1 Å². The van der Waals surface area contributed by atoms with Gasteiger partial charge in [0.25, 0.3) is 11.8 Å². The highest BCUT2D eigenvalue weighted by Crippen LogP contribution is 2.37. The predicted molar refractivity (Wildman–Crippen MR) is 160 cm³/mol. The van der Waals surface area contributed by atoms with E-state index in [1.54, 1.807) is 23.2 Å². The molecule has 1 unspecified atom stereocenters. The van der Waals surface area contributed by atoms with Crippen molar-refractivity contribution in [2.45, 2.75) is 43.9 Å². The quantitative estimate of drug-likeness (QED) is 0.264. The monoisotopic (exact) mass is 606 g/mol. The van der Waals surface area contributed by atoms with E-state index < -0.39 is 29.3 Å². The summed E-state index contributed by atoms with van der Waals surface area (Å²) in [7, 11) is 1.81. The van der Waals surface area contributed by atoms with Crippen LogP contribution in [0.1, 0.15) is 62.7 Å². The Labute approximate surface area is 252 Å². The molecule has 6 rings (SSSR count).